The van der Waals surface area contributed by atoms with Crippen LogP contribution in [0.15, 0.2) is 12.1 Å². The number of hydrogen-bond acceptors (Lipinski definition) is 4. The number of carbonyl (C=O) groups is 1. The van der Waals surface area contributed by atoms with Crippen LogP contribution in [0.3, 0.4) is 0 Å². The van der Waals surface area contributed by atoms with Crippen LogP contribution in [-0.4, -0.2) is 12.6 Å². The SMILES string of the molecule is CCCCCCCCCCCCCCOc1ccc(C(=O)[O-])s1.[Na+]. The number of ether oxygens (including phenoxy) is 1. The Morgan fingerprint density at radius 1 is 0.917 bits per heavy atom. The average molecular weight is 363 g/mol. The zero-order valence-electron chi connectivity index (χ0n) is 15.5. The minimum atomic E-state index is -1.13. The van der Waals surface area contributed by atoms with Crippen molar-refractivity contribution in [1.82, 2.24) is 0 Å². The Hall–Kier alpha value is -0.0300. The Morgan fingerprint density at radius 2 is 1.42 bits per heavy atom. The molecule has 0 radical (unpaired) electrons. The van der Waals surface area contributed by atoms with E-state index in [9.17, 15) is 9.90 Å². The maximum absolute atomic E-state index is 10.6. The van der Waals surface area contributed by atoms with Gasteiger partial charge < -0.3 is 14.6 Å². The maximum Gasteiger partial charge on any atom is 1.00 e. The summed E-state index contributed by atoms with van der Waals surface area (Å²) < 4.78 is 5.56. The van der Waals surface area contributed by atoms with Gasteiger partial charge in [0, 0.05) is 0 Å². The first-order valence-corrected chi connectivity index (χ1v) is 9.99. The van der Waals surface area contributed by atoms with Crippen molar-refractivity contribution in [3.05, 3.63) is 17.0 Å². The Labute approximate surface area is 173 Å². The van der Waals surface area contributed by atoms with Gasteiger partial charge in [0.15, 0.2) is 5.06 Å². The van der Waals surface area contributed by atoms with Gasteiger partial charge in [-0.15, -0.1) is 0 Å². The summed E-state index contributed by atoms with van der Waals surface area (Å²) in [6, 6.07) is 3.24. The molecule has 0 aromatic carbocycles. The molecule has 5 heteroatoms. The molecule has 0 N–H and O–H groups in total. The van der Waals surface area contributed by atoms with Gasteiger partial charge in [0.2, 0.25) is 0 Å². The van der Waals surface area contributed by atoms with E-state index in [1.54, 1.807) is 6.07 Å². The van der Waals surface area contributed by atoms with Crippen LogP contribution in [0.4, 0.5) is 0 Å². The van der Waals surface area contributed by atoms with Crippen LogP contribution in [0, 0.1) is 0 Å². The number of thiophene rings is 1. The molecule has 0 atom stereocenters. The molecule has 0 fully saturated rings. The standard InChI is InChI=1S/C19H32O3S.Na/c1-2-3-4-5-6-7-8-9-10-11-12-13-16-22-18-15-14-17(23-18)19(20)21;/h14-15H,2-13,16H2,1H3,(H,20,21);/q;+1/p-1. The van der Waals surface area contributed by atoms with Crippen LogP contribution in [0.1, 0.15) is 93.6 Å². The molecule has 0 unspecified atom stereocenters. The second kappa shape index (κ2) is 16.4. The summed E-state index contributed by atoms with van der Waals surface area (Å²) in [7, 11) is 0. The fourth-order valence-corrected chi connectivity index (χ4v) is 3.34. The number of aromatic carboxylic acids is 1. The van der Waals surface area contributed by atoms with Crippen LogP contribution in [0.5, 0.6) is 5.06 Å². The summed E-state index contributed by atoms with van der Waals surface area (Å²) in [6.45, 7) is 2.93. The van der Waals surface area contributed by atoms with Crippen molar-refractivity contribution in [1.29, 1.82) is 0 Å². The largest absolute Gasteiger partial charge is 1.00 e. The number of unbranched alkanes of at least 4 members (excludes halogenated alkanes) is 11. The zero-order chi connectivity index (χ0) is 16.8. The van der Waals surface area contributed by atoms with Crippen LogP contribution < -0.4 is 39.4 Å². The molecule has 0 bridgehead atoms. The van der Waals surface area contributed by atoms with E-state index in [0.717, 1.165) is 17.8 Å². The first-order chi connectivity index (χ1) is 11.2. The second-order valence-electron chi connectivity index (χ2n) is 6.14. The van der Waals surface area contributed by atoms with Crippen molar-refractivity contribution in [2.75, 3.05) is 6.61 Å². The first-order valence-electron chi connectivity index (χ1n) is 9.18. The quantitative estimate of drug-likeness (QED) is 0.355. The molecule has 0 saturated carbocycles. The van der Waals surface area contributed by atoms with Crippen molar-refractivity contribution < 1.29 is 44.2 Å². The molecule has 0 spiro atoms. The van der Waals surface area contributed by atoms with E-state index < -0.39 is 5.97 Å². The van der Waals surface area contributed by atoms with Crippen molar-refractivity contribution in [3.8, 4) is 5.06 Å². The van der Waals surface area contributed by atoms with Gasteiger partial charge in [-0.1, -0.05) is 88.9 Å². The molecule has 0 aliphatic rings. The fraction of sp³-hybridized carbons (Fsp3) is 0.737. The van der Waals surface area contributed by atoms with Gasteiger partial charge in [0.1, 0.15) is 0 Å². The Balaban J connectivity index is 0.00000529. The summed E-state index contributed by atoms with van der Waals surface area (Å²) >= 11 is 1.14. The van der Waals surface area contributed by atoms with Crippen LogP contribution in [0.25, 0.3) is 0 Å². The first kappa shape index (κ1) is 24.0. The normalized spacial score (nSPS) is 10.4. The van der Waals surface area contributed by atoms with E-state index in [1.165, 1.54) is 76.7 Å². The predicted octanol–water partition coefficient (Wildman–Crippen LogP) is 2.20. The van der Waals surface area contributed by atoms with Gasteiger partial charge in [0.05, 0.1) is 17.5 Å². The van der Waals surface area contributed by atoms with E-state index in [-0.39, 0.29) is 34.4 Å². The predicted molar refractivity (Wildman–Crippen MR) is 95.2 cm³/mol. The summed E-state index contributed by atoms with van der Waals surface area (Å²) in [5, 5.41) is 11.3. The van der Waals surface area contributed by atoms with Gasteiger partial charge in [-0.25, -0.2) is 0 Å². The van der Waals surface area contributed by atoms with Gasteiger partial charge >= 0.3 is 29.6 Å². The van der Waals surface area contributed by atoms with E-state index >= 15 is 0 Å². The topological polar surface area (TPSA) is 49.4 Å². The second-order valence-corrected chi connectivity index (χ2v) is 7.19. The van der Waals surface area contributed by atoms with E-state index in [1.807, 2.05) is 0 Å². The van der Waals surface area contributed by atoms with Crippen molar-refractivity contribution in [3.63, 3.8) is 0 Å². The minimum absolute atomic E-state index is 0. The molecule has 3 nitrogen and oxygen atoms in total. The summed E-state index contributed by atoms with van der Waals surface area (Å²) in [6.07, 6.45) is 15.9. The molecular weight excluding hydrogens is 331 g/mol. The molecule has 1 aromatic heterocycles. The number of hydrogen-bond donors (Lipinski definition) is 0. The number of carboxylic acid groups (broad SMARTS) is 1. The van der Waals surface area contributed by atoms with Gasteiger partial charge in [-0.3, -0.25) is 0 Å². The van der Waals surface area contributed by atoms with Crippen molar-refractivity contribution >= 4 is 17.3 Å². The molecule has 1 aromatic rings. The molecule has 1 rings (SSSR count). The van der Waals surface area contributed by atoms with Gasteiger partial charge in [-0.2, -0.15) is 0 Å². The van der Waals surface area contributed by atoms with Gasteiger partial charge in [-0.05, 0) is 18.6 Å². The molecule has 0 saturated heterocycles. The molecule has 0 amide bonds. The average Bonchev–Trinajstić information content (AvgIpc) is 3.01. The molecular formula is C19H31NaO3S. The molecule has 0 aliphatic heterocycles. The summed E-state index contributed by atoms with van der Waals surface area (Å²) in [4.78, 5) is 10.9. The molecule has 132 valence electrons. The van der Waals surface area contributed by atoms with Crippen LogP contribution in [0.2, 0.25) is 0 Å². The molecule has 1 heterocycles. The van der Waals surface area contributed by atoms with Crippen LogP contribution in [-0.2, 0) is 0 Å². The zero-order valence-corrected chi connectivity index (χ0v) is 18.3. The van der Waals surface area contributed by atoms with E-state index in [0.29, 0.717) is 11.7 Å². The summed E-state index contributed by atoms with van der Waals surface area (Å²) in [5.41, 5.74) is 0. The number of rotatable bonds is 15. The third-order valence-electron chi connectivity index (χ3n) is 4.02. The van der Waals surface area contributed by atoms with E-state index in [4.69, 9.17) is 4.74 Å². The van der Waals surface area contributed by atoms with Crippen molar-refractivity contribution in [2.24, 2.45) is 0 Å². The molecule has 24 heavy (non-hydrogen) atoms. The molecule has 0 aliphatic carbocycles. The Kier molecular flexibility index (Phi) is 16.4. The Morgan fingerprint density at radius 3 is 1.88 bits per heavy atom. The van der Waals surface area contributed by atoms with Crippen LogP contribution >= 0.6 is 11.3 Å². The monoisotopic (exact) mass is 362 g/mol. The minimum Gasteiger partial charge on any atom is -0.544 e. The third kappa shape index (κ3) is 12.3. The Bertz CT molecular complexity index is 420. The van der Waals surface area contributed by atoms with Crippen molar-refractivity contribution in [2.45, 2.75) is 84.0 Å². The van der Waals surface area contributed by atoms with E-state index in [2.05, 4.69) is 6.92 Å². The smallest absolute Gasteiger partial charge is 0.544 e. The summed E-state index contributed by atoms with van der Waals surface area (Å²) in [5.74, 6) is -1.13. The third-order valence-corrected chi connectivity index (χ3v) is 5.00. The fourth-order valence-electron chi connectivity index (χ4n) is 2.62. The number of carboxylic acids is 1. The van der Waals surface area contributed by atoms with Gasteiger partial charge in [0.25, 0.3) is 0 Å². The number of carbonyl (C=O) groups excluding carboxylic acids is 1. The maximum atomic E-state index is 10.6.